The van der Waals surface area contributed by atoms with E-state index in [1.165, 1.54) is 0 Å². The van der Waals surface area contributed by atoms with E-state index in [-0.39, 0.29) is 11.8 Å². The van der Waals surface area contributed by atoms with Gasteiger partial charge in [0.2, 0.25) is 5.91 Å². The summed E-state index contributed by atoms with van der Waals surface area (Å²) in [6.45, 7) is 9.32. The third kappa shape index (κ3) is 4.87. The molecule has 0 aliphatic carbocycles. The van der Waals surface area contributed by atoms with Gasteiger partial charge in [-0.2, -0.15) is 0 Å². The fourth-order valence-corrected chi connectivity index (χ4v) is 5.01. The SMILES string of the molecule is CCN1CCC(NC(=O)C2CC(C)CN(c3ccc(/C=N\C)c4nccnc34)C2)CC1. The number of piperidine rings is 2. The summed E-state index contributed by atoms with van der Waals surface area (Å²) in [5.41, 5.74) is 3.75. The van der Waals surface area contributed by atoms with Crippen molar-refractivity contribution >= 4 is 28.8 Å². The van der Waals surface area contributed by atoms with Crippen LogP contribution in [0.5, 0.6) is 0 Å². The summed E-state index contributed by atoms with van der Waals surface area (Å²) in [5.74, 6) is 0.642. The van der Waals surface area contributed by atoms with Gasteiger partial charge in [0.05, 0.1) is 17.1 Å². The molecule has 0 saturated carbocycles. The Bertz CT molecular complexity index is 937. The Kier molecular flexibility index (Phi) is 6.80. The molecule has 7 nitrogen and oxygen atoms in total. The number of anilines is 1. The molecule has 2 aliphatic heterocycles. The Hall–Kier alpha value is -2.54. The molecule has 2 atom stereocenters. The maximum atomic E-state index is 13.1. The molecule has 2 saturated heterocycles. The molecule has 1 N–H and O–H groups in total. The van der Waals surface area contributed by atoms with Gasteiger partial charge in [-0.1, -0.05) is 13.8 Å². The van der Waals surface area contributed by atoms with E-state index in [0.29, 0.717) is 12.0 Å². The van der Waals surface area contributed by atoms with Crippen molar-refractivity contribution < 1.29 is 4.79 Å². The molecular formula is C24H34N6O. The van der Waals surface area contributed by atoms with Crippen molar-refractivity contribution in [2.24, 2.45) is 16.8 Å². The molecule has 4 rings (SSSR count). The van der Waals surface area contributed by atoms with Gasteiger partial charge in [-0.15, -0.1) is 0 Å². The van der Waals surface area contributed by atoms with Crippen LogP contribution >= 0.6 is 0 Å². The van der Waals surface area contributed by atoms with Crippen LogP contribution in [0.3, 0.4) is 0 Å². The van der Waals surface area contributed by atoms with E-state index in [2.05, 4.69) is 56.1 Å². The maximum Gasteiger partial charge on any atom is 0.225 e. The van der Waals surface area contributed by atoms with Crippen LogP contribution in [0.15, 0.2) is 29.5 Å². The van der Waals surface area contributed by atoms with E-state index in [0.717, 1.165) is 74.3 Å². The van der Waals surface area contributed by atoms with Crippen LogP contribution in [0.1, 0.15) is 38.7 Å². The van der Waals surface area contributed by atoms with E-state index >= 15 is 0 Å². The summed E-state index contributed by atoms with van der Waals surface area (Å²) in [6.07, 6.45) is 8.30. The highest BCUT2D eigenvalue weighted by atomic mass is 16.2. The number of carbonyl (C=O) groups excluding carboxylic acids is 1. The van der Waals surface area contributed by atoms with Crippen molar-refractivity contribution in [3.05, 3.63) is 30.1 Å². The first-order chi connectivity index (χ1) is 15.1. The van der Waals surface area contributed by atoms with Crippen molar-refractivity contribution in [1.82, 2.24) is 20.2 Å². The molecule has 166 valence electrons. The minimum atomic E-state index is -0.00319. The molecule has 1 amide bonds. The average molecular weight is 423 g/mol. The molecule has 1 aromatic carbocycles. The predicted molar refractivity (Wildman–Crippen MR) is 126 cm³/mol. The van der Waals surface area contributed by atoms with Crippen LogP contribution in [0.2, 0.25) is 0 Å². The van der Waals surface area contributed by atoms with Gasteiger partial charge in [-0.25, -0.2) is 0 Å². The second kappa shape index (κ2) is 9.73. The third-order valence-electron chi connectivity index (χ3n) is 6.66. The monoisotopic (exact) mass is 422 g/mol. The maximum absolute atomic E-state index is 13.1. The summed E-state index contributed by atoms with van der Waals surface area (Å²) in [4.78, 5) is 31.3. The average Bonchev–Trinajstić information content (AvgIpc) is 2.79. The Morgan fingerprint density at radius 1 is 1.19 bits per heavy atom. The number of nitrogens with one attached hydrogen (secondary N) is 1. The van der Waals surface area contributed by atoms with Crippen molar-refractivity contribution in [3.63, 3.8) is 0 Å². The third-order valence-corrected chi connectivity index (χ3v) is 6.66. The number of aromatic nitrogens is 2. The number of rotatable bonds is 5. The zero-order chi connectivity index (χ0) is 21.8. The van der Waals surface area contributed by atoms with Crippen molar-refractivity contribution in [3.8, 4) is 0 Å². The standard InChI is InChI=1S/C24H34N6O/c1-4-29-11-7-20(8-12-29)28-24(31)19-13-17(2)15-30(16-19)21-6-5-18(14-25-3)22-23(21)27-10-9-26-22/h5-6,9-10,14,17,19-20H,4,7-8,11-13,15-16H2,1-3H3,(H,28,31)/b25-14-. The topological polar surface area (TPSA) is 73.7 Å². The van der Waals surface area contributed by atoms with Crippen LogP contribution in [-0.4, -0.2) is 72.8 Å². The molecule has 31 heavy (non-hydrogen) atoms. The van der Waals surface area contributed by atoms with Gasteiger partial charge in [-0.05, 0) is 43.9 Å². The normalized spacial score (nSPS) is 23.5. The zero-order valence-corrected chi connectivity index (χ0v) is 18.9. The summed E-state index contributed by atoms with van der Waals surface area (Å²) in [6, 6.07) is 4.46. The number of likely N-dealkylation sites (tertiary alicyclic amines) is 1. The lowest BCUT2D eigenvalue weighted by molar-refractivity contribution is -0.126. The van der Waals surface area contributed by atoms with E-state index in [9.17, 15) is 4.79 Å². The number of hydrogen-bond acceptors (Lipinski definition) is 6. The largest absolute Gasteiger partial charge is 0.369 e. The molecule has 2 unspecified atom stereocenters. The number of benzene rings is 1. The number of hydrogen-bond donors (Lipinski definition) is 1. The molecule has 2 aromatic rings. The Morgan fingerprint density at radius 3 is 2.65 bits per heavy atom. The fourth-order valence-electron chi connectivity index (χ4n) is 5.01. The van der Waals surface area contributed by atoms with Crippen LogP contribution in [0.25, 0.3) is 11.0 Å². The van der Waals surface area contributed by atoms with Crippen molar-refractivity contribution in [2.75, 3.05) is 44.7 Å². The number of carbonyl (C=O) groups is 1. The molecule has 0 bridgehead atoms. The van der Waals surface area contributed by atoms with Crippen LogP contribution in [-0.2, 0) is 4.79 Å². The van der Waals surface area contributed by atoms with Gasteiger partial charge in [-0.3, -0.25) is 19.8 Å². The molecule has 2 aliphatic rings. The molecule has 3 heterocycles. The molecule has 7 heteroatoms. The lowest BCUT2D eigenvalue weighted by atomic mass is 9.88. The predicted octanol–water partition coefficient (Wildman–Crippen LogP) is 2.74. The molecule has 0 spiro atoms. The number of amides is 1. The van der Waals surface area contributed by atoms with Crippen LogP contribution in [0.4, 0.5) is 5.69 Å². The highest BCUT2D eigenvalue weighted by Crippen LogP contribution is 2.32. The number of nitrogens with zero attached hydrogens (tertiary/aromatic N) is 5. The van der Waals surface area contributed by atoms with E-state index < -0.39 is 0 Å². The molecule has 1 aromatic heterocycles. The number of aliphatic imine (C=N–C) groups is 1. The number of fused-ring (bicyclic) bond motifs is 1. The van der Waals surface area contributed by atoms with Gasteiger partial charge in [0.15, 0.2) is 0 Å². The molecule has 0 radical (unpaired) electrons. The Balaban J connectivity index is 1.50. The summed E-state index contributed by atoms with van der Waals surface area (Å²) < 4.78 is 0. The van der Waals surface area contributed by atoms with Crippen LogP contribution in [0, 0.1) is 11.8 Å². The van der Waals surface area contributed by atoms with Gasteiger partial charge in [0.25, 0.3) is 0 Å². The van der Waals surface area contributed by atoms with E-state index in [1.807, 2.05) is 6.21 Å². The highest BCUT2D eigenvalue weighted by Gasteiger charge is 2.32. The van der Waals surface area contributed by atoms with Gasteiger partial charge < -0.3 is 15.1 Å². The Labute approximate surface area is 185 Å². The fraction of sp³-hybridized carbons (Fsp3) is 0.583. The van der Waals surface area contributed by atoms with Crippen molar-refractivity contribution in [2.45, 2.75) is 39.2 Å². The lowest BCUT2D eigenvalue weighted by Gasteiger charge is -2.39. The lowest BCUT2D eigenvalue weighted by Crippen LogP contribution is -2.50. The Morgan fingerprint density at radius 2 is 1.94 bits per heavy atom. The minimum Gasteiger partial charge on any atom is -0.369 e. The van der Waals surface area contributed by atoms with E-state index in [1.54, 1.807) is 19.4 Å². The zero-order valence-electron chi connectivity index (χ0n) is 18.9. The quantitative estimate of drug-likeness (QED) is 0.750. The first-order valence-corrected chi connectivity index (χ1v) is 11.5. The van der Waals surface area contributed by atoms with Crippen LogP contribution < -0.4 is 10.2 Å². The smallest absolute Gasteiger partial charge is 0.225 e. The molecule has 2 fully saturated rings. The highest BCUT2D eigenvalue weighted by molar-refractivity contribution is 6.01. The second-order valence-electron chi connectivity index (χ2n) is 8.97. The first kappa shape index (κ1) is 21.7. The van der Waals surface area contributed by atoms with Crippen molar-refractivity contribution in [1.29, 1.82) is 0 Å². The minimum absolute atomic E-state index is 0.00319. The summed E-state index contributed by atoms with van der Waals surface area (Å²) in [5, 5.41) is 3.35. The van der Waals surface area contributed by atoms with Gasteiger partial charge in [0, 0.05) is 63.4 Å². The van der Waals surface area contributed by atoms with E-state index in [4.69, 9.17) is 0 Å². The van der Waals surface area contributed by atoms with Gasteiger partial charge in [0.1, 0.15) is 5.52 Å². The first-order valence-electron chi connectivity index (χ1n) is 11.5. The summed E-state index contributed by atoms with van der Waals surface area (Å²) in [7, 11) is 1.76. The van der Waals surface area contributed by atoms with Gasteiger partial charge >= 0.3 is 0 Å². The molecular weight excluding hydrogens is 388 g/mol. The summed E-state index contributed by atoms with van der Waals surface area (Å²) >= 11 is 0. The second-order valence-corrected chi connectivity index (χ2v) is 8.97.